The molecule has 1 amide bonds. The topological polar surface area (TPSA) is 29.5 Å². The maximum Gasteiger partial charge on any atom is 0.264 e. The minimum absolute atomic E-state index is 0.0595. The summed E-state index contributed by atoms with van der Waals surface area (Å²) in [6.07, 6.45) is 1.23. The van der Waals surface area contributed by atoms with Gasteiger partial charge in [-0.15, -0.1) is 11.3 Å². The summed E-state index contributed by atoms with van der Waals surface area (Å²) in [5.74, 6) is 0.619. The van der Waals surface area contributed by atoms with Crippen molar-refractivity contribution in [2.75, 3.05) is 20.2 Å². The molecule has 1 aromatic carbocycles. The molecule has 1 aliphatic heterocycles. The number of hydrogen-bond donors (Lipinski definition) is 0. The number of fused-ring (bicyclic) bond motifs is 3. The van der Waals surface area contributed by atoms with Crippen LogP contribution in [0.4, 0.5) is 4.39 Å². The van der Waals surface area contributed by atoms with Crippen LogP contribution in [0.15, 0.2) is 18.2 Å². The molecular weight excluding hydrogens is 349 g/mol. The van der Waals surface area contributed by atoms with Crippen molar-refractivity contribution in [3.8, 4) is 16.2 Å². The summed E-state index contributed by atoms with van der Waals surface area (Å²) >= 11 is 7.93. The maximum absolute atomic E-state index is 13.4. The Kier molecular flexibility index (Phi) is 4.01. The first kappa shape index (κ1) is 15.9. The van der Waals surface area contributed by atoms with Crippen LogP contribution in [0, 0.1) is 0 Å². The first-order valence-corrected chi connectivity index (χ1v) is 9.19. The van der Waals surface area contributed by atoms with E-state index in [4.69, 9.17) is 16.3 Å². The SMILES string of the molecule is COc1ccc2c(c1Cl)CCc1cc(C(=O)N3CCC(F)C3)sc1-2. The number of halogens is 2. The minimum Gasteiger partial charge on any atom is -0.495 e. The number of hydrogen-bond acceptors (Lipinski definition) is 3. The highest BCUT2D eigenvalue weighted by Crippen LogP contribution is 2.44. The molecule has 0 N–H and O–H groups in total. The zero-order valence-corrected chi connectivity index (χ0v) is 14.8. The number of likely N-dealkylation sites (tertiary alicyclic amines) is 1. The van der Waals surface area contributed by atoms with Gasteiger partial charge < -0.3 is 9.64 Å². The van der Waals surface area contributed by atoms with Crippen LogP contribution in [-0.4, -0.2) is 37.2 Å². The number of carbonyl (C=O) groups excluding carboxylic acids is 1. The van der Waals surface area contributed by atoms with Crippen LogP contribution in [0.2, 0.25) is 5.02 Å². The van der Waals surface area contributed by atoms with Gasteiger partial charge in [-0.3, -0.25) is 4.79 Å². The molecule has 126 valence electrons. The van der Waals surface area contributed by atoms with Gasteiger partial charge in [0.05, 0.1) is 23.6 Å². The van der Waals surface area contributed by atoms with Crippen molar-refractivity contribution < 1.29 is 13.9 Å². The summed E-state index contributed by atoms with van der Waals surface area (Å²) in [6.45, 7) is 0.712. The molecule has 0 bridgehead atoms. The highest BCUT2D eigenvalue weighted by molar-refractivity contribution is 7.17. The second-order valence-electron chi connectivity index (χ2n) is 6.21. The Bertz CT molecular complexity index is 820. The highest BCUT2D eigenvalue weighted by Gasteiger charge is 2.30. The molecule has 2 aliphatic rings. The third kappa shape index (κ3) is 2.50. The molecule has 3 nitrogen and oxygen atoms in total. The summed E-state index contributed by atoms with van der Waals surface area (Å²) in [7, 11) is 1.61. The van der Waals surface area contributed by atoms with Gasteiger partial charge in [0.2, 0.25) is 0 Å². The number of nitrogens with zero attached hydrogens (tertiary/aromatic N) is 1. The third-order valence-electron chi connectivity index (χ3n) is 4.75. The first-order valence-electron chi connectivity index (χ1n) is 8.00. The van der Waals surface area contributed by atoms with Crippen LogP contribution in [0.25, 0.3) is 10.4 Å². The number of amides is 1. The Labute approximate surface area is 149 Å². The largest absolute Gasteiger partial charge is 0.495 e. The first-order chi connectivity index (χ1) is 11.6. The summed E-state index contributed by atoms with van der Waals surface area (Å²) in [5.41, 5.74) is 3.33. The molecule has 1 fully saturated rings. The van der Waals surface area contributed by atoms with Crippen LogP contribution in [0.1, 0.15) is 27.2 Å². The molecule has 0 spiro atoms. The average molecular weight is 366 g/mol. The van der Waals surface area contributed by atoms with Crippen LogP contribution in [0.3, 0.4) is 0 Å². The molecule has 0 saturated carbocycles. The summed E-state index contributed by atoms with van der Waals surface area (Å²) in [6, 6.07) is 5.84. The van der Waals surface area contributed by atoms with E-state index in [2.05, 4.69) is 0 Å². The van der Waals surface area contributed by atoms with Crippen LogP contribution < -0.4 is 4.74 Å². The van der Waals surface area contributed by atoms with Gasteiger partial charge in [-0.25, -0.2) is 4.39 Å². The van der Waals surface area contributed by atoms with Gasteiger partial charge in [0.1, 0.15) is 11.9 Å². The number of aryl methyl sites for hydroxylation is 1. The van der Waals surface area contributed by atoms with E-state index in [1.165, 1.54) is 16.9 Å². The van der Waals surface area contributed by atoms with Crippen molar-refractivity contribution in [1.82, 2.24) is 4.90 Å². The Morgan fingerprint density at radius 1 is 1.42 bits per heavy atom. The van der Waals surface area contributed by atoms with Gasteiger partial charge in [0, 0.05) is 11.4 Å². The van der Waals surface area contributed by atoms with E-state index in [0.29, 0.717) is 28.6 Å². The van der Waals surface area contributed by atoms with E-state index in [0.717, 1.165) is 28.8 Å². The van der Waals surface area contributed by atoms with Gasteiger partial charge in [0.15, 0.2) is 0 Å². The van der Waals surface area contributed by atoms with Gasteiger partial charge >= 0.3 is 0 Å². The number of methoxy groups -OCH3 is 1. The molecular formula is C18H17ClFNO2S. The predicted molar refractivity (Wildman–Crippen MR) is 94.1 cm³/mol. The van der Waals surface area contributed by atoms with Gasteiger partial charge in [-0.1, -0.05) is 11.6 Å². The fourth-order valence-electron chi connectivity index (χ4n) is 3.48. The third-order valence-corrected chi connectivity index (χ3v) is 6.37. The molecule has 2 aromatic rings. The molecule has 1 aliphatic carbocycles. The quantitative estimate of drug-likeness (QED) is 0.791. The molecule has 1 saturated heterocycles. The number of benzene rings is 1. The molecule has 1 atom stereocenters. The lowest BCUT2D eigenvalue weighted by Gasteiger charge is -2.18. The van der Waals surface area contributed by atoms with E-state index in [1.807, 2.05) is 18.2 Å². The van der Waals surface area contributed by atoms with Gasteiger partial charge in [0.25, 0.3) is 5.91 Å². The second-order valence-corrected chi connectivity index (χ2v) is 7.64. The zero-order valence-electron chi connectivity index (χ0n) is 13.3. The zero-order chi connectivity index (χ0) is 16.8. The van der Waals surface area contributed by atoms with Gasteiger partial charge in [-0.2, -0.15) is 0 Å². The highest BCUT2D eigenvalue weighted by atomic mass is 35.5. The van der Waals surface area contributed by atoms with Crippen molar-refractivity contribution in [2.45, 2.75) is 25.4 Å². The second kappa shape index (κ2) is 6.05. The maximum atomic E-state index is 13.4. The molecule has 24 heavy (non-hydrogen) atoms. The Morgan fingerprint density at radius 2 is 2.25 bits per heavy atom. The minimum atomic E-state index is -0.893. The number of rotatable bonds is 2. The van der Waals surface area contributed by atoms with E-state index in [9.17, 15) is 9.18 Å². The molecule has 4 rings (SSSR count). The number of carbonyl (C=O) groups is 1. The van der Waals surface area contributed by atoms with Crippen molar-refractivity contribution in [3.63, 3.8) is 0 Å². The van der Waals surface area contributed by atoms with Crippen LogP contribution >= 0.6 is 22.9 Å². The van der Waals surface area contributed by atoms with Crippen LogP contribution in [-0.2, 0) is 12.8 Å². The van der Waals surface area contributed by atoms with Crippen molar-refractivity contribution in [3.05, 3.63) is 39.2 Å². The lowest BCUT2D eigenvalue weighted by molar-refractivity contribution is 0.0787. The normalized spacial score (nSPS) is 19.1. The van der Waals surface area contributed by atoms with Crippen molar-refractivity contribution in [2.24, 2.45) is 0 Å². The summed E-state index contributed by atoms with van der Waals surface area (Å²) in [5, 5.41) is 0.654. The number of thiophene rings is 1. The monoisotopic (exact) mass is 365 g/mol. The van der Waals surface area contributed by atoms with Crippen molar-refractivity contribution in [1.29, 1.82) is 0 Å². The summed E-state index contributed by atoms with van der Waals surface area (Å²) in [4.78, 5) is 16.0. The molecule has 1 unspecified atom stereocenters. The van der Waals surface area contributed by atoms with Crippen LogP contribution in [0.5, 0.6) is 5.75 Å². The Morgan fingerprint density at radius 3 is 2.96 bits per heavy atom. The number of alkyl halides is 1. The Balaban J connectivity index is 1.71. The predicted octanol–water partition coefficient (Wildman–Crippen LogP) is 4.36. The molecule has 1 aromatic heterocycles. The fraction of sp³-hybridized carbons (Fsp3) is 0.389. The lowest BCUT2D eigenvalue weighted by Crippen LogP contribution is -2.28. The average Bonchev–Trinajstić information content (AvgIpc) is 3.20. The van der Waals surface area contributed by atoms with E-state index >= 15 is 0 Å². The molecule has 6 heteroatoms. The summed E-state index contributed by atoms with van der Waals surface area (Å²) < 4.78 is 18.7. The van der Waals surface area contributed by atoms with E-state index < -0.39 is 6.17 Å². The van der Waals surface area contributed by atoms with E-state index in [1.54, 1.807) is 12.0 Å². The standard InChI is InChI=1S/C18H17ClFNO2S/c1-23-14-5-4-13-12(16(14)19)3-2-10-8-15(24-17(10)13)18(22)21-7-6-11(20)9-21/h4-5,8,11H,2-3,6-7,9H2,1H3. The number of ether oxygens (including phenoxy) is 1. The fourth-order valence-corrected chi connectivity index (χ4v) is 5.05. The molecule has 2 heterocycles. The molecule has 0 radical (unpaired) electrons. The van der Waals surface area contributed by atoms with E-state index in [-0.39, 0.29) is 12.5 Å². The Hall–Kier alpha value is -1.59. The smallest absolute Gasteiger partial charge is 0.264 e. The lowest BCUT2D eigenvalue weighted by atomic mass is 9.91. The van der Waals surface area contributed by atoms with Gasteiger partial charge in [-0.05, 0) is 54.2 Å². The van der Waals surface area contributed by atoms with Crippen molar-refractivity contribution >= 4 is 28.8 Å².